The van der Waals surface area contributed by atoms with Crippen LogP contribution in [0.3, 0.4) is 0 Å². The van der Waals surface area contributed by atoms with Gasteiger partial charge in [0.15, 0.2) is 11.6 Å². The molecule has 0 spiro atoms. The molecule has 94 valence electrons. The molecule has 3 nitrogen and oxygen atoms in total. The summed E-state index contributed by atoms with van der Waals surface area (Å²) in [6.45, 7) is 0.879. The summed E-state index contributed by atoms with van der Waals surface area (Å²) < 4.78 is 5.27. The third-order valence-corrected chi connectivity index (χ3v) is 4.14. The fraction of sp³-hybridized carbons (Fsp3) is 0.615. The molecule has 1 aliphatic carbocycles. The molecule has 1 N–H and O–H groups in total. The van der Waals surface area contributed by atoms with Gasteiger partial charge in [0.1, 0.15) is 0 Å². The Balaban J connectivity index is 2.01. The topological polar surface area (TPSA) is 34.1 Å². The van der Waals surface area contributed by atoms with Crippen molar-refractivity contribution in [1.29, 1.82) is 0 Å². The van der Waals surface area contributed by atoms with E-state index in [1.165, 1.54) is 25.7 Å². The smallest absolute Gasteiger partial charge is 0.168 e. The third-order valence-electron chi connectivity index (χ3n) is 3.57. The number of hydrogen-bond acceptors (Lipinski definition) is 3. The molecule has 0 unspecified atom stereocenters. The highest BCUT2D eigenvalue weighted by Crippen LogP contribution is 2.39. The molecule has 2 rings (SSSR count). The molecule has 0 atom stereocenters. The molecule has 1 heterocycles. The van der Waals surface area contributed by atoms with E-state index in [1.54, 1.807) is 13.3 Å². The number of nitrogens with one attached hydrogen (secondary N) is 1. The van der Waals surface area contributed by atoms with Crippen molar-refractivity contribution in [2.45, 2.75) is 25.7 Å². The second-order valence-corrected chi connectivity index (χ2v) is 5.02. The van der Waals surface area contributed by atoms with E-state index < -0.39 is 0 Å². The predicted octanol–water partition coefficient (Wildman–Crippen LogP) is 3.30. The molecule has 0 saturated heterocycles. The van der Waals surface area contributed by atoms with Gasteiger partial charge in [-0.05, 0) is 25.0 Å². The molecule has 0 aromatic carbocycles. The number of anilines is 1. The van der Waals surface area contributed by atoms with E-state index in [9.17, 15) is 0 Å². The molecule has 1 saturated carbocycles. The number of rotatable bonds is 5. The van der Waals surface area contributed by atoms with Crippen LogP contribution in [0.15, 0.2) is 18.3 Å². The fourth-order valence-electron chi connectivity index (χ4n) is 2.44. The van der Waals surface area contributed by atoms with Crippen LogP contribution in [-0.4, -0.2) is 24.5 Å². The van der Waals surface area contributed by atoms with Gasteiger partial charge in [-0.1, -0.05) is 12.8 Å². The second-order valence-electron chi connectivity index (χ2n) is 4.75. The summed E-state index contributed by atoms with van der Waals surface area (Å²) in [6, 6.07) is 3.79. The van der Waals surface area contributed by atoms with Crippen molar-refractivity contribution in [2.24, 2.45) is 5.41 Å². The molecular weight excluding hydrogens is 236 g/mol. The SMILES string of the molecule is COc1cccnc1NCC1(CCl)CCCC1. The van der Waals surface area contributed by atoms with E-state index in [4.69, 9.17) is 16.3 Å². The van der Waals surface area contributed by atoms with Gasteiger partial charge < -0.3 is 10.1 Å². The number of halogens is 1. The summed E-state index contributed by atoms with van der Waals surface area (Å²) in [5.41, 5.74) is 0.240. The Morgan fingerprint density at radius 3 is 2.88 bits per heavy atom. The standard InChI is InChI=1S/C13H19ClN2O/c1-17-11-5-4-8-15-12(11)16-10-13(9-14)6-2-3-7-13/h4-5,8H,2-3,6-7,9-10H2,1H3,(H,15,16). The Hall–Kier alpha value is -0.960. The van der Waals surface area contributed by atoms with Crippen molar-refractivity contribution < 1.29 is 4.74 Å². The van der Waals surface area contributed by atoms with Gasteiger partial charge in [0, 0.05) is 24.0 Å². The van der Waals surface area contributed by atoms with Crippen LogP contribution in [0.5, 0.6) is 5.75 Å². The highest BCUT2D eigenvalue weighted by Gasteiger charge is 2.32. The minimum atomic E-state index is 0.240. The minimum Gasteiger partial charge on any atom is -0.493 e. The Labute approximate surface area is 108 Å². The summed E-state index contributed by atoms with van der Waals surface area (Å²) in [4.78, 5) is 4.30. The largest absolute Gasteiger partial charge is 0.493 e. The molecule has 0 bridgehead atoms. The normalized spacial score (nSPS) is 18.0. The molecule has 4 heteroatoms. The first-order chi connectivity index (χ1) is 8.29. The third kappa shape index (κ3) is 2.83. The van der Waals surface area contributed by atoms with Gasteiger partial charge in [-0.3, -0.25) is 0 Å². The summed E-state index contributed by atoms with van der Waals surface area (Å²) in [5, 5.41) is 3.38. The first-order valence-corrected chi connectivity index (χ1v) is 6.62. The Bertz CT molecular complexity index is 364. The lowest BCUT2D eigenvalue weighted by molar-refractivity contribution is 0.366. The van der Waals surface area contributed by atoms with E-state index >= 15 is 0 Å². The highest BCUT2D eigenvalue weighted by molar-refractivity contribution is 6.18. The lowest BCUT2D eigenvalue weighted by Gasteiger charge is -2.27. The number of aromatic nitrogens is 1. The zero-order valence-corrected chi connectivity index (χ0v) is 11.0. The van der Waals surface area contributed by atoms with Crippen LogP contribution in [0.4, 0.5) is 5.82 Å². The molecule has 1 aliphatic rings. The van der Waals surface area contributed by atoms with Gasteiger partial charge in [0.25, 0.3) is 0 Å². The van der Waals surface area contributed by atoms with Gasteiger partial charge >= 0.3 is 0 Å². The molecule has 1 fully saturated rings. The fourth-order valence-corrected chi connectivity index (χ4v) is 2.80. The first-order valence-electron chi connectivity index (χ1n) is 6.08. The lowest BCUT2D eigenvalue weighted by atomic mass is 9.88. The summed E-state index contributed by atoms with van der Waals surface area (Å²) in [6.07, 6.45) is 6.76. The van der Waals surface area contributed by atoms with Crippen LogP contribution in [-0.2, 0) is 0 Å². The van der Waals surface area contributed by atoms with E-state index in [0.29, 0.717) is 0 Å². The van der Waals surface area contributed by atoms with Gasteiger partial charge in [0.2, 0.25) is 0 Å². The maximum atomic E-state index is 6.11. The van der Waals surface area contributed by atoms with E-state index in [1.807, 2.05) is 12.1 Å². The maximum absolute atomic E-state index is 6.11. The number of methoxy groups -OCH3 is 1. The highest BCUT2D eigenvalue weighted by atomic mass is 35.5. The quantitative estimate of drug-likeness (QED) is 0.819. The molecule has 0 radical (unpaired) electrons. The molecule has 1 aromatic heterocycles. The maximum Gasteiger partial charge on any atom is 0.168 e. The number of hydrogen-bond donors (Lipinski definition) is 1. The van der Waals surface area contributed by atoms with Crippen LogP contribution in [0, 0.1) is 5.41 Å². The van der Waals surface area contributed by atoms with Crippen molar-refractivity contribution in [3.63, 3.8) is 0 Å². The Morgan fingerprint density at radius 2 is 2.24 bits per heavy atom. The Kier molecular flexibility index (Phi) is 4.11. The van der Waals surface area contributed by atoms with E-state index in [-0.39, 0.29) is 5.41 Å². The van der Waals surface area contributed by atoms with Gasteiger partial charge in [-0.15, -0.1) is 11.6 Å². The molecule has 1 aromatic rings. The Morgan fingerprint density at radius 1 is 1.47 bits per heavy atom. The average molecular weight is 255 g/mol. The van der Waals surface area contributed by atoms with Crippen LogP contribution in [0.25, 0.3) is 0 Å². The second kappa shape index (κ2) is 5.58. The zero-order chi connectivity index (χ0) is 12.1. The van der Waals surface area contributed by atoms with Crippen LogP contribution < -0.4 is 10.1 Å². The molecule has 0 amide bonds. The lowest BCUT2D eigenvalue weighted by Crippen LogP contribution is -2.28. The summed E-state index contributed by atoms with van der Waals surface area (Å²) in [5.74, 6) is 2.32. The monoisotopic (exact) mass is 254 g/mol. The van der Waals surface area contributed by atoms with Crippen LogP contribution >= 0.6 is 11.6 Å². The van der Waals surface area contributed by atoms with Crippen molar-refractivity contribution in [3.8, 4) is 5.75 Å². The molecule has 0 aliphatic heterocycles. The number of nitrogens with zero attached hydrogens (tertiary/aromatic N) is 1. The average Bonchev–Trinajstić information content (AvgIpc) is 2.86. The summed E-state index contributed by atoms with van der Waals surface area (Å²) in [7, 11) is 1.66. The zero-order valence-electron chi connectivity index (χ0n) is 10.2. The number of alkyl halides is 1. The van der Waals surface area contributed by atoms with Gasteiger partial charge in [0.05, 0.1) is 7.11 Å². The molecule has 17 heavy (non-hydrogen) atoms. The predicted molar refractivity (Wildman–Crippen MR) is 70.9 cm³/mol. The van der Waals surface area contributed by atoms with Crippen LogP contribution in [0.2, 0.25) is 0 Å². The van der Waals surface area contributed by atoms with Crippen molar-refractivity contribution >= 4 is 17.4 Å². The van der Waals surface area contributed by atoms with E-state index in [2.05, 4.69) is 10.3 Å². The number of pyridine rings is 1. The van der Waals surface area contributed by atoms with Gasteiger partial charge in [-0.25, -0.2) is 4.98 Å². The minimum absolute atomic E-state index is 0.240. The van der Waals surface area contributed by atoms with E-state index in [0.717, 1.165) is 24.0 Å². The van der Waals surface area contributed by atoms with Crippen molar-refractivity contribution in [2.75, 3.05) is 24.9 Å². The van der Waals surface area contributed by atoms with Gasteiger partial charge in [-0.2, -0.15) is 0 Å². The number of ether oxygens (including phenoxy) is 1. The molecular formula is C13H19ClN2O. The summed E-state index contributed by atoms with van der Waals surface area (Å²) >= 11 is 6.11. The first kappa shape index (κ1) is 12.5. The van der Waals surface area contributed by atoms with Crippen LogP contribution in [0.1, 0.15) is 25.7 Å². The van der Waals surface area contributed by atoms with Crippen molar-refractivity contribution in [1.82, 2.24) is 4.98 Å². The van der Waals surface area contributed by atoms with Crippen molar-refractivity contribution in [3.05, 3.63) is 18.3 Å².